The largest absolute Gasteiger partial charge is 0.376 e. The zero-order valence-electron chi connectivity index (χ0n) is 33.0. The Morgan fingerprint density at radius 1 is 0.883 bits per heavy atom. The first-order valence-corrected chi connectivity index (χ1v) is 23.1. The van der Waals surface area contributed by atoms with E-state index in [0.29, 0.717) is 22.7 Å². The van der Waals surface area contributed by atoms with E-state index in [-0.39, 0.29) is 28.1 Å². The van der Waals surface area contributed by atoms with Crippen molar-refractivity contribution < 1.29 is 13.3 Å². The number of nitrogens with zero attached hydrogens (tertiary/aromatic N) is 5. The van der Waals surface area contributed by atoms with E-state index >= 15 is 0 Å². The van der Waals surface area contributed by atoms with Crippen LogP contribution >= 0.6 is 23.4 Å². The van der Waals surface area contributed by atoms with Crippen molar-refractivity contribution in [2.45, 2.75) is 54.1 Å². The van der Waals surface area contributed by atoms with Crippen LogP contribution in [-0.4, -0.2) is 78.8 Å². The third-order valence-corrected chi connectivity index (χ3v) is 13.9. The van der Waals surface area contributed by atoms with Crippen LogP contribution in [0.5, 0.6) is 0 Å². The van der Waals surface area contributed by atoms with Gasteiger partial charge >= 0.3 is 0 Å². The number of anilines is 3. The second-order valence-corrected chi connectivity index (χ2v) is 18.4. The highest BCUT2D eigenvalue weighted by Gasteiger charge is 2.26. The Hall–Kier alpha value is -5.25. The summed E-state index contributed by atoms with van der Waals surface area (Å²) in [5.41, 5.74) is 5.02. The van der Waals surface area contributed by atoms with Gasteiger partial charge < -0.3 is 15.5 Å². The van der Waals surface area contributed by atoms with Gasteiger partial charge in [0.2, 0.25) is 0 Å². The third-order valence-electron chi connectivity index (χ3n) is 11.2. The number of piperazine rings is 1. The van der Waals surface area contributed by atoms with Crippen molar-refractivity contribution in [2.75, 3.05) is 53.4 Å². The molecule has 0 spiro atoms. The topological polar surface area (TPSA) is 146 Å². The number of aromatic nitrogens is 2. The molecule has 3 N–H and O–H groups in total. The first-order valence-electron chi connectivity index (χ1n) is 20.2. The number of nitrogens with one attached hydrogen (secondary N) is 3. The highest BCUT2D eigenvalue weighted by atomic mass is 35.5. The molecule has 15 heteroatoms. The van der Waals surface area contributed by atoms with Crippen LogP contribution in [-0.2, 0) is 16.6 Å². The Labute approximate surface area is 360 Å². The lowest BCUT2D eigenvalue weighted by Gasteiger charge is -2.36. The molecule has 1 saturated heterocycles. The molecule has 5 aromatic carbocycles. The van der Waals surface area contributed by atoms with Crippen molar-refractivity contribution in [1.82, 2.24) is 20.2 Å². The molecule has 60 heavy (non-hydrogen) atoms. The highest BCUT2D eigenvalue weighted by molar-refractivity contribution is 7.99. The van der Waals surface area contributed by atoms with E-state index < -0.39 is 14.9 Å². The smallest absolute Gasteiger partial charge is 0.293 e. The van der Waals surface area contributed by atoms with Crippen molar-refractivity contribution in [3.8, 4) is 11.1 Å². The fourth-order valence-electron chi connectivity index (χ4n) is 7.66. The minimum Gasteiger partial charge on any atom is -0.376 e. The molecule has 6 aromatic rings. The first kappa shape index (κ1) is 41.5. The van der Waals surface area contributed by atoms with Gasteiger partial charge in [-0.3, -0.25) is 19.7 Å². The molecule has 1 aromatic heterocycles. The van der Waals surface area contributed by atoms with Gasteiger partial charge in [-0.25, -0.2) is 18.4 Å². The van der Waals surface area contributed by atoms with Gasteiger partial charge in [-0.05, 0) is 97.1 Å². The van der Waals surface area contributed by atoms with Crippen LogP contribution in [0.1, 0.15) is 31.2 Å². The predicted octanol–water partition coefficient (Wildman–Crippen LogP) is 9.09. The van der Waals surface area contributed by atoms with Crippen LogP contribution < -0.4 is 20.3 Å². The van der Waals surface area contributed by atoms with Gasteiger partial charge in [-0.1, -0.05) is 72.6 Å². The van der Waals surface area contributed by atoms with Crippen LogP contribution in [0.2, 0.25) is 5.02 Å². The minimum atomic E-state index is -4.27. The number of rotatable bonds is 17. The molecular weight excluding hydrogens is 816 g/mol. The number of hydrogen-bond acceptors (Lipinski definition) is 11. The van der Waals surface area contributed by atoms with E-state index in [4.69, 9.17) is 11.6 Å². The number of hydrogen-bond donors (Lipinski definition) is 3. The van der Waals surface area contributed by atoms with Gasteiger partial charge in [0.05, 0.1) is 15.3 Å². The molecule has 2 aliphatic rings. The number of sulfonamides is 1. The number of thioether (sulfide) groups is 1. The summed E-state index contributed by atoms with van der Waals surface area (Å²) >= 11 is 8.11. The maximum atomic E-state index is 13.8. The van der Waals surface area contributed by atoms with Crippen LogP contribution in [0.4, 0.5) is 22.9 Å². The lowest BCUT2D eigenvalue weighted by molar-refractivity contribution is -0.384. The number of nitro groups is 1. The van der Waals surface area contributed by atoms with Gasteiger partial charge in [0.25, 0.3) is 15.7 Å². The minimum absolute atomic E-state index is 0.0916. The van der Waals surface area contributed by atoms with E-state index in [1.54, 1.807) is 11.8 Å². The average molecular weight is 864 g/mol. The van der Waals surface area contributed by atoms with Gasteiger partial charge in [0.1, 0.15) is 12.0 Å². The maximum absolute atomic E-state index is 13.8. The summed E-state index contributed by atoms with van der Waals surface area (Å²) in [7, 11) is -4.27. The molecular formula is C45H47ClN8O4S2. The van der Waals surface area contributed by atoms with Crippen molar-refractivity contribution >= 4 is 67.2 Å². The van der Waals surface area contributed by atoms with E-state index in [1.165, 1.54) is 48.8 Å². The lowest BCUT2D eigenvalue weighted by Crippen LogP contribution is -2.46. The van der Waals surface area contributed by atoms with Gasteiger partial charge in [-0.2, -0.15) is 0 Å². The van der Waals surface area contributed by atoms with Crippen molar-refractivity contribution in [3.05, 3.63) is 142 Å². The molecule has 1 aliphatic carbocycles. The number of benzene rings is 5. The standard InChI is InChI=1S/C45H47ClN8O4S2/c46-34-14-17-40(32-8-3-1-4-9-32)33(26-34)29-52-22-24-53(25-23-52)37-15-18-41-43(27-37)48-31-49-45(41)51-60(57,58)39-16-19-42(44(28-39)54(55)56)50-36(20-21-47-35-10-7-11-35)30-59-38-12-5-2-6-13-38/h1-6,8-9,12-19,26-28,31,35-36,47,50H,7,10-11,20-25,29-30H2,(H,48,49,51). The molecule has 310 valence electrons. The Morgan fingerprint density at radius 2 is 1.65 bits per heavy atom. The van der Waals surface area contributed by atoms with Crippen LogP contribution in [0.15, 0.2) is 131 Å². The number of halogens is 1. The Kier molecular flexibility index (Phi) is 13.1. The molecule has 0 bridgehead atoms. The summed E-state index contributed by atoms with van der Waals surface area (Å²) in [5.74, 6) is 0.766. The van der Waals surface area contributed by atoms with E-state index in [0.717, 1.165) is 72.9 Å². The predicted molar refractivity (Wildman–Crippen MR) is 243 cm³/mol. The summed E-state index contributed by atoms with van der Waals surface area (Å²) in [5, 5.41) is 20.6. The SMILES string of the molecule is O=[N+]([O-])c1cc(S(=O)(=O)Nc2ncnc3cc(N4CCN(Cc5cc(Cl)ccc5-c5ccccc5)CC4)ccc23)ccc1NC(CCNC1CCC1)CSc1ccccc1. The molecule has 1 aliphatic heterocycles. The summed E-state index contributed by atoms with van der Waals surface area (Å²) < 4.78 is 30.2. The number of nitro benzene ring substituents is 1. The average Bonchev–Trinajstić information content (AvgIpc) is 3.24. The first-order chi connectivity index (χ1) is 29.2. The molecule has 0 amide bonds. The number of fused-ring (bicyclic) bond motifs is 1. The Bertz CT molecular complexity index is 2540. The monoisotopic (exact) mass is 862 g/mol. The van der Waals surface area contributed by atoms with E-state index in [2.05, 4.69) is 59.4 Å². The molecule has 2 heterocycles. The zero-order chi connectivity index (χ0) is 41.5. The normalized spacial score (nSPS) is 15.4. The third kappa shape index (κ3) is 10.2. The fraction of sp³-hybridized carbons (Fsp3) is 0.289. The van der Waals surface area contributed by atoms with Crippen LogP contribution in [0.25, 0.3) is 22.0 Å². The second kappa shape index (κ2) is 19.0. The maximum Gasteiger partial charge on any atom is 0.293 e. The molecule has 2 fully saturated rings. The summed E-state index contributed by atoms with van der Waals surface area (Å²) in [6, 6.07) is 36.5. The Balaban J connectivity index is 0.934. The van der Waals surface area contributed by atoms with Gasteiger partial charge in [0.15, 0.2) is 5.82 Å². The molecule has 1 unspecified atom stereocenters. The second-order valence-electron chi connectivity index (χ2n) is 15.2. The summed E-state index contributed by atoms with van der Waals surface area (Å²) in [4.78, 5) is 26.2. The van der Waals surface area contributed by atoms with Crippen LogP contribution in [0, 0.1) is 10.1 Å². The molecule has 0 radical (unpaired) electrons. The van der Waals surface area contributed by atoms with Crippen molar-refractivity contribution in [2.24, 2.45) is 0 Å². The van der Waals surface area contributed by atoms with Crippen molar-refractivity contribution in [3.63, 3.8) is 0 Å². The van der Waals surface area contributed by atoms with Gasteiger partial charge in [0, 0.05) is 77.6 Å². The zero-order valence-corrected chi connectivity index (χ0v) is 35.4. The van der Waals surface area contributed by atoms with Gasteiger partial charge in [-0.15, -0.1) is 11.8 Å². The summed E-state index contributed by atoms with van der Waals surface area (Å²) in [6.45, 7) is 4.84. The molecule has 12 nitrogen and oxygen atoms in total. The van der Waals surface area contributed by atoms with Crippen molar-refractivity contribution in [1.29, 1.82) is 0 Å². The highest BCUT2D eigenvalue weighted by Crippen LogP contribution is 2.33. The quantitative estimate of drug-likeness (QED) is 0.0459. The fourth-order valence-corrected chi connectivity index (χ4v) is 9.90. The molecule has 1 atom stereocenters. The summed E-state index contributed by atoms with van der Waals surface area (Å²) in [6.07, 6.45) is 5.63. The van der Waals surface area contributed by atoms with E-state index in [1.807, 2.05) is 72.8 Å². The van der Waals surface area contributed by atoms with Crippen LogP contribution in [0.3, 0.4) is 0 Å². The molecule has 8 rings (SSSR count). The Morgan fingerprint density at radius 3 is 2.38 bits per heavy atom. The molecule has 1 saturated carbocycles. The van der Waals surface area contributed by atoms with E-state index in [9.17, 15) is 18.5 Å². The lowest BCUT2D eigenvalue weighted by atomic mass is 9.93.